The van der Waals surface area contributed by atoms with Crippen LogP contribution in [0.2, 0.25) is 0 Å². The number of anilines is 1. The van der Waals surface area contributed by atoms with Crippen molar-refractivity contribution in [3.63, 3.8) is 0 Å². The van der Waals surface area contributed by atoms with Gasteiger partial charge in [-0.1, -0.05) is 0 Å². The molecule has 0 aromatic carbocycles. The number of hydrogen-bond acceptors (Lipinski definition) is 5. The van der Waals surface area contributed by atoms with E-state index in [0.717, 1.165) is 19.6 Å². The summed E-state index contributed by atoms with van der Waals surface area (Å²) in [6, 6.07) is 0.406. The Morgan fingerprint density at radius 1 is 1.50 bits per heavy atom. The van der Waals surface area contributed by atoms with Crippen LogP contribution in [0, 0.1) is 6.92 Å². The molecule has 1 unspecified atom stereocenters. The van der Waals surface area contributed by atoms with E-state index < -0.39 is 5.82 Å². The van der Waals surface area contributed by atoms with E-state index in [0.29, 0.717) is 17.7 Å². The predicted octanol–water partition coefficient (Wildman–Crippen LogP) is 0.339. The van der Waals surface area contributed by atoms with Crippen LogP contribution in [-0.2, 0) is 0 Å². The molecule has 0 aliphatic carbocycles. The van der Waals surface area contributed by atoms with Crippen molar-refractivity contribution in [2.75, 3.05) is 24.5 Å². The third-order valence-corrected chi connectivity index (χ3v) is 2.37. The van der Waals surface area contributed by atoms with Gasteiger partial charge in [0.2, 0.25) is 5.88 Å². The Morgan fingerprint density at radius 2 is 2.29 bits per heavy atom. The van der Waals surface area contributed by atoms with Crippen molar-refractivity contribution in [1.82, 2.24) is 5.32 Å². The van der Waals surface area contributed by atoms with Crippen molar-refractivity contribution in [2.24, 2.45) is 0 Å². The number of hydrogen-bond donors (Lipinski definition) is 1. The number of rotatable bonds is 1. The fourth-order valence-electron chi connectivity index (χ4n) is 1.74. The Bertz CT molecular complexity index is 368. The van der Waals surface area contributed by atoms with E-state index in [9.17, 15) is 4.79 Å². The lowest BCUT2D eigenvalue weighted by Crippen LogP contribution is -2.49. The average Bonchev–Trinajstić information content (AvgIpc) is 2.45. The molecule has 78 valence electrons. The first-order chi connectivity index (χ1) is 6.66. The van der Waals surface area contributed by atoms with Crippen LogP contribution < -0.4 is 16.0 Å². The van der Waals surface area contributed by atoms with Gasteiger partial charge in [-0.25, -0.2) is 4.79 Å². The fourth-order valence-corrected chi connectivity index (χ4v) is 1.74. The second-order valence-corrected chi connectivity index (χ2v) is 3.62. The zero-order valence-corrected chi connectivity index (χ0v) is 8.37. The molecule has 0 bridgehead atoms. The van der Waals surface area contributed by atoms with Crippen LogP contribution in [0.5, 0.6) is 0 Å². The van der Waals surface area contributed by atoms with Crippen LogP contribution in [0.3, 0.4) is 0 Å². The van der Waals surface area contributed by atoms with Gasteiger partial charge in [-0.2, -0.15) is 0 Å². The third kappa shape index (κ3) is 1.68. The van der Waals surface area contributed by atoms with Gasteiger partial charge in [-0.05, 0) is 13.8 Å². The number of piperazine rings is 1. The van der Waals surface area contributed by atoms with E-state index in [1.807, 2.05) is 4.90 Å². The first kappa shape index (κ1) is 9.33. The molecule has 0 spiro atoms. The van der Waals surface area contributed by atoms with E-state index in [1.165, 1.54) is 0 Å². The Kier molecular flexibility index (Phi) is 2.33. The maximum Gasteiger partial charge on any atom is 0.520 e. The quantitative estimate of drug-likeness (QED) is 0.705. The van der Waals surface area contributed by atoms with Gasteiger partial charge in [0.25, 0.3) is 0 Å². The summed E-state index contributed by atoms with van der Waals surface area (Å²) in [5.74, 6) is 0.510. The van der Waals surface area contributed by atoms with Gasteiger partial charge in [0.15, 0.2) is 5.76 Å². The van der Waals surface area contributed by atoms with Crippen molar-refractivity contribution in [1.29, 1.82) is 0 Å². The van der Waals surface area contributed by atoms with E-state index in [-0.39, 0.29) is 0 Å². The molecule has 2 rings (SSSR count). The zero-order chi connectivity index (χ0) is 10.1. The molecule has 5 nitrogen and oxygen atoms in total. The van der Waals surface area contributed by atoms with Gasteiger partial charge >= 0.3 is 5.82 Å². The summed E-state index contributed by atoms with van der Waals surface area (Å²) in [5, 5.41) is 3.32. The maximum atomic E-state index is 10.9. The largest absolute Gasteiger partial charge is 0.520 e. The Hall–Kier alpha value is -1.23. The van der Waals surface area contributed by atoms with Crippen molar-refractivity contribution in [3.05, 3.63) is 16.4 Å². The van der Waals surface area contributed by atoms with Gasteiger partial charge in [0, 0.05) is 25.7 Å². The third-order valence-electron chi connectivity index (χ3n) is 2.37. The SMILES string of the molecule is Cc1oc(=O)oc1N1CCNC(C)C1. The maximum absolute atomic E-state index is 10.9. The number of nitrogens with one attached hydrogen (secondary N) is 1. The molecular formula is C9H14N2O3. The van der Waals surface area contributed by atoms with Crippen LogP contribution in [-0.4, -0.2) is 25.7 Å². The van der Waals surface area contributed by atoms with E-state index in [2.05, 4.69) is 12.2 Å². The fraction of sp³-hybridized carbons (Fsp3) is 0.667. The van der Waals surface area contributed by atoms with Gasteiger partial charge in [-0.3, -0.25) is 0 Å². The molecule has 0 amide bonds. The summed E-state index contributed by atoms with van der Waals surface area (Å²) in [6.45, 7) is 6.42. The molecule has 1 aromatic rings. The minimum atomic E-state index is -0.622. The molecule has 0 saturated carbocycles. The van der Waals surface area contributed by atoms with Gasteiger partial charge in [0.1, 0.15) is 0 Å². The highest BCUT2D eigenvalue weighted by atomic mass is 16.6. The van der Waals surface area contributed by atoms with Crippen LogP contribution >= 0.6 is 0 Å². The van der Waals surface area contributed by atoms with Crippen LogP contribution in [0.1, 0.15) is 12.7 Å². The van der Waals surface area contributed by atoms with E-state index >= 15 is 0 Å². The normalized spacial score (nSPS) is 22.7. The molecule has 5 heteroatoms. The molecule has 0 radical (unpaired) electrons. The first-order valence-electron chi connectivity index (χ1n) is 4.75. The first-order valence-corrected chi connectivity index (χ1v) is 4.75. The van der Waals surface area contributed by atoms with Gasteiger partial charge in [-0.15, -0.1) is 0 Å². The summed E-state index contributed by atoms with van der Waals surface area (Å²) in [5.41, 5.74) is 0. The lowest BCUT2D eigenvalue weighted by Gasteiger charge is -2.31. The van der Waals surface area contributed by atoms with Crippen molar-refractivity contribution in [2.45, 2.75) is 19.9 Å². The summed E-state index contributed by atoms with van der Waals surface area (Å²) in [6.07, 6.45) is 0. The molecule has 1 aromatic heterocycles. The molecule has 1 saturated heterocycles. The van der Waals surface area contributed by atoms with Crippen molar-refractivity contribution in [3.8, 4) is 0 Å². The molecule has 1 aliphatic rings. The zero-order valence-electron chi connectivity index (χ0n) is 8.37. The summed E-state index contributed by atoms with van der Waals surface area (Å²) >= 11 is 0. The number of aryl methyl sites for hydroxylation is 1. The van der Waals surface area contributed by atoms with Crippen molar-refractivity contribution < 1.29 is 8.83 Å². The number of nitrogens with zero attached hydrogens (tertiary/aromatic N) is 1. The molecule has 1 atom stereocenters. The minimum Gasteiger partial charge on any atom is -0.394 e. The Balaban J connectivity index is 2.21. The molecule has 1 aliphatic heterocycles. The minimum absolute atomic E-state index is 0.406. The summed E-state index contributed by atoms with van der Waals surface area (Å²) < 4.78 is 9.80. The lowest BCUT2D eigenvalue weighted by molar-refractivity contribution is 0.373. The predicted molar refractivity (Wildman–Crippen MR) is 51.7 cm³/mol. The molecular weight excluding hydrogens is 184 g/mol. The molecule has 1 N–H and O–H groups in total. The Labute approximate surface area is 81.7 Å². The van der Waals surface area contributed by atoms with Gasteiger partial charge < -0.3 is 19.1 Å². The summed E-state index contributed by atoms with van der Waals surface area (Å²) in [7, 11) is 0. The smallest absolute Gasteiger partial charge is 0.394 e. The van der Waals surface area contributed by atoms with E-state index in [4.69, 9.17) is 8.83 Å². The van der Waals surface area contributed by atoms with Crippen molar-refractivity contribution >= 4 is 5.88 Å². The average molecular weight is 198 g/mol. The highest BCUT2D eigenvalue weighted by Gasteiger charge is 2.21. The molecule has 14 heavy (non-hydrogen) atoms. The van der Waals surface area contributed by atoms with Crippen LogP contribution in [0.25, 0.3) is 0 Å². The Morgan fingerprint density at radius 3 is 2.86 bits per heavy atom. The van der Waals surface area contributed by atoms with Crippen LogP contribution in [0.4, 0.5) is 5.88 Å². The van der Waals surface area contributed by atoms with Crippen LogP contribution in [0.15, 0.2) is 13.6 Å². The second-order valence-electron chi connectivity index (χ2n) is 3.62. The highest BCUT2D eigenvalue weighted by Crippen LogP contribution is 2.19. The molecule has 2 heterocycles. The lowest BCUT2D eigenvalue weighted by atomic mass is 10.2. The topological polar surface area (TPSA) is 58.6 Å². The summed E-state index contributed by atoms with van der Waals surface area (Å²) in [4.78, 5) is 12.9. The molecule has 1 fully saturated rings. The second kappa shape index (κ2) is 3.49. The monoisotopic (exact) mass is 198 g/mol. The standard InChI is InChI=1S/C9H14N2O3/c1-6-5-11(4-3-10-6)8-7(2)13-9(12)14-8/h6,10H,3-5H2,1-2H3. The highest BCUT2D eigenvalue weighted by molar-refractivity contribution is 5.38. The van der Waals surface area contributed by atoms with Gasteiger partial charge in [0.05, 0.1) is 0 Å². The van der Waals surface area contributed by atoms with E-state index in [1.54, 1.807) is 6.92 Å².